The van der Waals surface area contributed by atoms with Gasteiger partial charge >= 0.3 is 0 Å². The van der Waals surface area contributed by atoms with Gasteiger partial charge < -0.3 is 10.6 Å². The Morgan fingerprint density at radius 1 is 0.950 bits per heavy atom. The molecule has 0 saturated heterocycles. The zero-order valence-corrected chi connectivity index (χ0v) is 13.4. The summed E-state index contributed by atoms with van der Waals surface area (Å²) in [5, 5.41) is 5.98. The maximum Gasteiger partial charge on any atom is 0.223 e. The standard InChI is InChI=1S/C16H30N2O2/c1-11(2)9-10-17-15(19)13-5-7-14(8-6-13)16(20)18-12(3)4/h11-14H,5-10H2,1-4H3,(H,17,19)(H,18,20). The molecule has 2 amide bonds. The molecule has 1 fully saturated rings. The van der Waals surface area contributed by atoms with E-state index in [2.05, 4.69) is 24.5 Å². The Labute approximate surface area is 123 Å². The summed E-state index contributed by atoms with van der Waals surface area (Å²) < 4.78 is 0. The van der Waals surface area contributed by atoms with Crippen molar-refractivity contribution in [2.75, 3.05) is 6.54 Å². The minimum Gasteiger partial charge on any atom is -0.356 e. The second-order valence-corrected chi connectivity index (χ2v) is 6.69. The monoisotopic (exact) mass is 282 g/mol. The summed E-state index contributed by atoms with van der Waals surface area (Å²) in [5.41, 5.74) is 0. The molecule has 0 atom stereocenters. The number of carbonyl (C=O) groups is 2. The van der Waals surface area contributed by atoms with Crippen LogP contribution in [0.15, 0.2) is 0 Å². The summed E-state index contributed by atoms with van der Waals surface area (Å²) in [5.74, 6) is 1.14. The summed E-state index contributed by atoms with van der Waals surface area (Å²) in [6.07, 6.45) is 4.37. The fourth-order valence-electron chi connectivity index (χ4n) is 2.65. The smallest absolute Gasteiger partial charge is 0.223 e. The van der Waals surface area contributed by atoms with Crippen molar-refractivity contribution < 1.29 is 9.59 Å². The molecule has 0 bridgehead atoms. The van der Waals surface area contributed by atoms with E-state index in [1.807, 2.05) is 13.8 Å². The van der Waals surface area contributed by atoms with Crippen molar-refractivity contribution in [3.05, 3.63) is 0 Å². The van der Waals surface area contributed by atoms with Gasteiger partial charge in [-0.1, -0.05) is 13.8 Å². The third-order valence-corrected chi connectivity index (χ3v) is 3.92. The van der Waals surface area contributed by atoms with Crippen LogP contribution in [0.3, 0.4) is 0 Å². The molecule has 4 nitrogen and oxygen atoms in total. The molecule has 0 aromatic heterocycles. The van der Waals surface area contributed by atoms with Gasteiger partial charge in [-0.15, -0.1) is 0 Å². The zero-order valence-electron chi connectivity index (χ0n) is 13.4. The number of nitrogens with one attached hydrogen (secondary N) is 2. The molecule has 0 aromatic carbocycles. The fourth-order valence-corrected chi connectivity index (χ4v) is 2.65. The third kappa shape index (κ3) is 5.93. The molecule has 20 heavy (non-hydrogen) atoms. The molecule has 1 saturated carbocycles. The minimum atomic E-state index is 0.0946. The van der Waals surface area contributed by atoms with Crippen molar-refractivity contribution in [3.8, 4) is 0 Å². The molecule has 0 heterocycles. The van der Waals surface area contributed by atoms with Crippen molar-refractivity contribution in [2.45, 2.75) is 65.8 Å². The van der Waals surface area contributed by atoms with Crippen LogP contribution in [0.2, 0.25) is 0 Å². The van der Waals surface area contributed by atoms with Gasteiger partial charge in [0.25, 0.3) is 0 Å². The first-order valence-electron chi connectivity index (χ1n) is 7.98. The topological polar surface area (TPSA) is 58.2 Å². The Hall–Kier alpha value is -1.06. The zero-order chi connectivity index (χ0) is 15.1. The summed E-state index contributed by atoms with van der Waals surface area (Å²) in [6.45, 7) is 9.04. The van der Waals surface area contributed by atoms with E-state index in [9.17, 15) is 9.59 Å². The van der Waals surface area contributed by atoms with Crippen LogP contribution in [0.5, 0.6) is 0 Å². The normalized spacial score (nSPS) is 22.9. The van der Waals surface area contributed by atoms with Gasteiger partial charge in [-0.3, -0.25) is 9.59 Å². The quantitative estimate of drug-likeness (QED) is 0.786. The number of amides is 2. The van der Waals surface area contributed by atoms with Crippen LogP contribution in [0.1, 0.15) is 59.8 Å². The first-order chi connectivity index (χ1) is 9.40. The summed E-state index contributed by atoms with van der Waals surface area (Å²) in [7, 11) is 0. The molecule has 0 aromatic rings. The van der Waals surface area contributed by atoms with Crippen LogP contribution in [0.4, 0.5) is 0 Å². The van der Waals surface area contributed by atoms with E-state index >= 15 is 0 Å². The van der Waals surface area contributed by atoms with E-state index in [1.165, 1.54) is 0 Å². The lowest BCUT2D eigenvalue weighted by Gasteiger charge is -2.27. The number of carbonyl (C=O) groups excluding carboxylic acids is 2. The van der Waals surface area contributed by atoms with E-state index < -0.39 is 0 Å². The van der Waals surface area contributed by atoms with Crippen LogP contribution >= 0.6 is 0 Å². The fraction of sp³-hybridized carbons (Fsp3) is 0.875. The van der Waals surface area contributed by atoms with Gasteiger partial charge in [-0.2, -0.15) is 0 Å². The maximum absolute atomic E-state index is 12.0. The van der Waals surface area contributed by atoms with Gasteiger partial charge in [-0.25, -0.2) is 0 Å². The summed E-state index contributed by atoms with van der Waals surface area (Å²) in [6, 6.07) is 0.194. The molecule has 0 spiro atoms. The molecule has 2 N–H and O–H groups in total. The van der Waals surface area contributed by atoms with Gasteiger partial charge in [-0.05, 0) is 51.9 Å². The number of hydrogen-bond acceptors (Lipinski definition) is 2. The second-order valence-electron chi connectivity index (χ2n) is 6.69. The van der Waals surface area contributed by atoms with Gasteiger partial charge in [0.2, 0.25) is 11.8 Å². The van der Waals surface area contributed by atoms with Crippen LogP contribution < -0.4 is 10.6 Å². The molecule has 0 unspecified atom stereocenters. The Balaban J connectivity index is 2.27. The van der Waals surface area contributed by atoms with Gasteiger partial charge in [0, 0.05) is 24.4 Å². The lowest BCUT2D eigenvalue weighted by Crippen LogP contribution is -2.39. The highest BCUT2D eigenvalue weighted by molar-refractivity contribution is 5.81. The lowest BCUT2D eigenvalue weighted by atomic mass is 9.81. The van der Waals surface area contributed by atoms with Crippen molar-refractivity contribution >= 4 is 11.8 Å². The van der Waals surface area contributed by atoms with E-state index in [1.54, 1.807) is 0 Å². The van der Waals surface area contributed by atoms with Crippen molar-refractivity contribution in [3.63, 3.8) is 0 Å². The van der Waals surface area contributed by atoms with Crippen LogP contribution in [-0.2, 0) is 9.59 Å². The lowest BCUT2D eigenvalue weighted by molar-refractivity contribution is -0.130. The van der Waals surface area contributed by atoms with Crippen LogP contribution in [-0.4, -0.2) is 24.4 Å². The largest absolute Gasteiger partial charge is 0.356 e. The van der Waals surface area contributed by atoms with Crippen LogP contribution in [0.25, 0.3) is 0 Å². The highest BCUT2D eigenvalue weighted by Crippen LogP contribution is 2.29. The molecular weight excluding hydrogens is 252 g/mol. The Kier molecular flexibility index (Phi) is 7.03. The first kappa shape index (κ1) is 17.0. The third-order valence-electron chi connectivity index (χ3n) is 3.92. The van der Waals surface area contributed by atoms with E-state index in [-0.39, 0.29) is 29.7 Å². The predicted octanol–water partition coefficient (Wildman–Crippen LogP) is 2.48. The Bertz CT molecular complexity index is 318. The molecular formula is C16H30N2O2. The van der Waals surface area contributed by atoms with E-state index in [0.29, 0.717) is 5.92 Å². The van der Waals surface area contributed by atoms with Gasteiger partial charge in [0.15, 0.2) is 0 Å². The van der Waals surface area contributed by atoms with Crippen molar-refractivity contribution in [1.82, 2.24) is 10.6 Å². The van der Waals surface area contributed by atoms with Crippen molar-refractivity contribution in [1.29, 1.82) is 0 Å². The van der Waals surface area contributed by atoms with Crippen LogP contribution in [0, 0.1) is 17.8 Å². The average molecular weight is 282 g/mol. The van der Waals surface area contributed by atoms with Gasteiger partial charge in [0.05, 0.1) is 0 Å². The van der Waals surface area contributed by atoms with E-state index in [4.69, 9.17) is 0 Å². The molecule has 1 rings (SSSR count). The van der Waals surface area contributed by atoms with Crippen molar-refractivity contribution in [2.24, 2.45) is 17.8 Å². The maximum atomic E-state index is 12.0. The molecule has 4 heteroatoms. The molecule has 1 aliphatic rings. The first-order valence-corrected chi connectivity index (χ1v) is 7.98. The Morgan fingerprint density at radius 2 is 1.45 bits per heavy atom. The minimum absolute atomic E-state index is 0.0946. The second kappa shape index (κ2) is 8.28. The average Bonchev–Trinajstić information content (AvgIpc) is 2.37. The molecule has 0 radical (unpaired) electrons. The molecule has 1 aliphatic carbocycles. The summed E-state index contributed by atoms with van der Waals surface area (Å²) >= 11 is 0. The predicted molar refractivity (Wildman–Crippen MR) is 81.2 cm³/mol. The molecule has 116 valence electrons. The van der Waals surface area contributed by atoms with Gasteiger partial charge in [0.1, 0.15) is 0 Å². The summed E-state index contributed by atoms with van der Waals surface area (Å²) in [4.78, 5) is 23.9. The SMILES string of the molecule is CC(C)CCNC(=O)C1CCC(C(=O)NC(C)C)CC1. The Morgan fingerprint density at radius 3 is 1.90 bits per heavy atom. The highest BCUT2D eigenvalue weighted by atomic mass is 16.2. The molecule has 0 aliphatic heterocycles. The van der Waals surface area contributed by atoms with E-state index in [0.717, 1.165) is 38.6 Å². The number of rotatable bonds is 6. The number of hydrogen-bond donors (Lipinski definition) is 2. The highest BCUT2D eigenvalue weighted by Gasteiger charge is 2.29.